The van der Waals surface area contributed by atoms with Crippen LogP contribution in [0.25, 0.3) is 0 Å². The molecule has 0 radical (unpaired) electrons. The minimum atomic E-state index is 0.185. The minimum Gasteiger partial charge on any atom is -0.501 e. The molecule has 0 amide bonds. The number of hydrogen-bond donors (Lipinski definition) is 1. The third-order valence-electron chi connectivity index (χ3n) is 2.86. The predicted octanol–water partition coefficient (Wildman–Crippen LogP) is 1.76. The van der Waals surface area contributed by atoms with Crippen molar-refractivity contribution in [3.63, 3.8) is 0 Å². The zero-order chi connectivity index (χ0) is 11.4. The molecule has 1 aliphatic rings. The summed E-state index contributed by atoms with van der Waals surface area (Å²) < 4.78 is 7.47. The van der Waals surface area contributed by atoms with E-state index in [9.17, 15) is 0 Å². The number of ether oxygens (including phenoxy) is 1. The van der Waals surface area contributed by atoms with Crippen molar-refractivity contribution in [2.45, 2.75) is 25.8 Å². The van der Waals surface area contributed by atoms with Crippen molar-refractivity contribution in [3.05, 3.63) is 30.1 Å². The van der Waals surface area contributed by atoms with Gasteiger partial charge in [0, 0.05) is 19.4 Å². The third-order valence-corrected chi connectivity index (χ3v) is 2.86. The van der Waals surface area contributed by atoms with E-state index in [0.29, 0.717) is 0 Å². The molecular formula is C12H19N3O. The van der Waals surface area contributed by atoms with Gasteiger partial charge in [0.15, 0.2) is 0 Å². The Balaban J connectivity index is 2.23. The molecule has 0 spiro atoms. The number of rotatable bonds is 4. The fraction of sp³-hybridized carbons (Fsp3) is 0.583. The maximum Gasteiger partial charge on any atom is 0.129 e. The standard InChI is InChI=1S/C12H19N3O/c1-3-13-11(10-5-4-8-16-9-10)12-14-6-7-15(12)2/h6-7,9,11,13H,3-5,8H2,1-2H3. The van der Waals surface area contributed by atoms with E-state index in [0.717, 1.165) is 31.8 Å². The maximum absolute atomic E-state index is 5.41. The molecule has 0 fully saturated rings. The quantitative estimate of drug-likeness (QED) is 0.842. The Morgan fingerprint density at radius 2 is 2.50 bits per heavy atom. The Kier molecular flexibility index (Phi) is 3.62. The lowest BCUT2D eigenvalue weighted by atomic mass is 10.0. The molecule has 0 aromatic carbocycles. The van der Waals surface area contributed by atoms with Gasteiger partial charge in [0.05, 0.1) is 18.9 Å². The number of aromatic nitrogens is 2. The van der Waals surface area contributed by atoms with Gasteiger partial charge in [-0.1, -0.05) is 6.92 Å². The molecule has 0 saturated heterocycles. The normalized spacial score (nSPS) is 17.8. The molecule has 4 nitrogen and oxygen atoms in total. The van der Waals surface area contributed by atoms with Gasteiger partial charge in [0.2, 0.25) is 0 Å². The van der Waals surface area contributed by atoms with Gasteiger partial charge in [-0.05, 0) is 25.0 Å². The second kappa shape index (κ2) is 5.16. The lowest BCUT2D eigenvalue weighted by Crippen LogP contribution is -2.26. The third kappa shape index (κ3) is 2.27. The van der Waals surface area contributed by atoms with Crippen LogP contribution in [0.2, 0.25) is 0 Å². The first-order chi connectivity index (χ1) is 7.83. The summed E-state index contributed by atoms with van der Waals surface area (Å²) in [7, 11) is 2.02. The predicted molar refractivity (Wildman–Crippen MR) is 62.9 cm³/mol. The Bertz CT molecular complexity index is 370. The highest BCUT2D eigenvalue weighted by molar-refractivity contribution is 5.18. The van der Waals surface area contributed by atoms with E-state index in [2.05, 4.69) is 21.8 Å². The summed E-state index contributed by atoms with van der Waals surface area (Å²) in [5, 5.41) is 3.46. The second-order valence-electron chi connectivity index (χ2n) is 4.05. The Morgan fingerprint density at radius 3 is 3.06 bits per heavy atom. The largest absolute Gasteiger partial charge is 0.501 e. The van der Waals surface area contributed by atoms with Crippen LogP contribution in [0.3, 0.4) is 0 Å². The summed E-state index contributed by atoms with van der Waals surface area (Å²) >= 11 is 0. The molecule has 1 aliphatic heterocycles. The summed E-state index contributed by atoms with van der Waals surface area (Å²) in [6, 6.07) is 0.185. The van der Waals surface area contributed by atoms with Crippen LogP contribution in [0.4, 0.5) is 0 Å². The maximum atomic E-state index is 5.41. The number of hydrogen-bond acceptors (Lipinski definition) is 3. The molecule has 1 N–H and O–H groups in total. The van der Waals surface area contributed by atoms with Crippen molar-refractivity contribution in [2.24, 2.45) is 7.05 Å². The van der Waals surface area contributed by atoms with Crippen molar-refractivity contribution in [1.29, 1.82) is 0 Å². The van der Waals surface area contributed by atoms with Crippen LogP contribution < -0.4 is 5.32 Å². The minimum absolute atomic E-state index is 0.185. The van der Waals surface area contributed by atoms with E-state index in [1.165, 1.54) is 5.57 Å². The lowest BCUT2D eigenvalue weighted by molar-refractivity contribution is 0.219. The van der Waals surface area contributed by atoms with Crippen molar-refractivity contribution >= 4 is 0 Å². The van der Waals surface area contributed by atoms with E-state index in [4.69, 9.17) is 4.74 Å². The van der Waals surface area contributed by atoms with E-state index < -0.39 is 0 Å². The molecule has 16 heavy (non-hydrogen) atoms. The summed E-state index contributed by atoms with van der Waals surface area (Å²) in [6.07, 6.45) is 7.89. The molecule has 1 atom stereocenters. The van der Waals surface area contributed by atoms with Gasteiger partial charge in [0.1, 0.15) is 5.82 Å². The molecule has 1 aromatic rings. The summed E-state index contributed by atoms with van der Waals surface area (Å²) in [5.74, 6) is 1.05. The highest BCUT2D eigenvalue weighted by atomic mass is 16.5. The number of imidazole rings is 1. The van der Waals surface area contributed by atoms with Crippen LogP contribution in [-0.4, -0.2) is 22.7 Å². The van der Waals surface area contributed by atoms with Crippen LogP contribution in [-0.2, 0) is 11.8 Å². The smallest absolute Gasteiger partial charge is 0.129 e. The van der Waals surface area contributed by atoms with Crippen molar-refractivity contribution < 1.29 is 4.74 Å². The molecule has 1 unspecified atom stereocenters. The molecule has 0 bridgehead atoms. The van der Waals surface area contributed by atoms with Crippen molar-refractivity contribution in [3.8, 4) is 0 Å². The number of likely N-dealkylation sites (N-methyl/N-ethyl adjacent to an activating group) is 1. The first-order valence-electron chi connectivity index (χ1n) is 5.84. The van der Waals surface area contributed by atoms with Crippen LogP contribution >= 0.6 is 0 Å². The van der Waals surface area contributed by atoms with Crippen molar-refractivity contribution in [1.82, 2.24) is 14.9 Å². The van der Waals surface area contributed by atoms with Gasteiger partial charge in [-0.15, -0.1) is 0 Å². The fourth-order valence-electron chi connectivity index (χ4n) is 2.04. The molecular weight excluding hydrogens is 202 g/mol. The summed E-state index contributed by atoms with van der Waals surface area (Å²) in [6.45, 7) is 3.87. The molecule has 2 heterocycles. The lowest BCUT2D eigenvalue weighted by Gasteiger charge is -2.23. The highest BCUT2D eigenvalue weighted by Gasteiger charge is 2.21. The number of aryl methyl sites for hydroxylation is 1. The van der Waals surface area contributed by atoms with E-state index >= 15 is 0 Å². The summed E-state index contributed by atoms with van der Waals surface area (Å²) in [5.41, 5.74) is 1.29. The van der Waals surface area contributed by atoms with Crippen LogP contribution in [0.5, 0.6) is 0 Å². The SMILES string of the molecule is CCNC(C1=COCCC1)c1nccn1C. The van der Waals surface area contributed by atoms with Crippen molar-refractivity contribution in [2.75, 3.05) is 13.2 Å². The number of nitrogens with zero attached hydrogens (tertiary/aromatic N) is 2. The Morgan fingerprint density at radius 1 is 1.62 bits per heavy atom. The van der Waals surface area contributed by atoms with Crippen LogP contribution in [0.15, 0.2) is 24.2 Å². The molecule has 88 valence electrons. The fourth-order valence-corrected chi connectivity index (χ4v) is 2.04. The van der Waals surface area contributed by atoms with Gasteiger partial charge in [0.25, 0.3) is 0 Å². The van der Waals surface area contributed by atoms with Crippen LogP contribution in [0.1, 0.15) is 31.6 Å². The number of nitrogens with one attached hydrogen (secondary N) is 1. The molecule has 1 aromatic heterocycles. The Hall–Kier alpha value is -1.29. The van der Waals surface area contributed by atoms with E-state index in [1.807, 2.05) is 25.7 Å². The second-order valence-corrected chi connectivity index (χ2v) is 4.05. The first kappa shape index (κ1) is 11.2. The topological polar surface area (TPSA) is 39.1 Å². The van der Waals surface area contributed by atoms with E-state index in [-0.39, 0.29) is 6.04 Å². The van der Waals surface area contributed by atoms with Crippen LogP contribution in [0, 0.1) is 0 Å². The van der Waals surface area contributed by atoms with Gasteiger partial charge >= 0.3 is 0 Å². The molecule has 4 heteroatoms. The molecule has 0 aliphatic carbocycles. The molecule has 2 rings (SSSR count). The van der Waals surface area contributed by atoms with E-state index in [1.54, 1.807) is 0 Å². The highest BCUT2D eigenvalue weighted by Crippen LogP contribution is 2.26. The first-order valence-corrected chi connectivity index (χ1v) is 5.84. The Labute approximate surface area is 96.3 Å². The molecule has 0 saturated carbocycles. The monoisotopic (exact) mass is 221 g/mol. The van der Waals surface area contributed by atoms with Gasteiger partial charge in [-0.3, -0.25) is 0 Å². The average molecular weight is 221 g/mol. The summed E-state index contributed by atoms with van der Waals surface area (Å²) in [4.78, 5) is 4.41. The zero-order valence-corrected chi connectivity index (χ0v) is 9.94. The van der Waals surface area contributed by atoms with Gasteiger partial charge in [-0.25, -0.2) is 4.98 Å². The average Bonchev–Trinajstić information content (AvgIpc) is 2.73. The van der Waals surface area contributed by atoms with Gasteiger partial charge in [-0.2, -0.15) is 0 Å². The van der Waals surface area contributed by atoms with Gasteiger partial charge < -0.3 is 14.6 Å². The zero-order valence-electron chi connectivity index (χ0n) is 9.94.